The number of halogens is 6. The van der Waals surface area contributed by atoms with Crippen molar-refractivity contribution in [1.82, 2.24) is 0 Å². The van der Waals surface area contributed by atoms with Gasteiger partial charge in [0.05, 0.1) is 0 Å². The Morgan fingerprint density at radius 1 is 1.04 bits per heavy atom. The molecule has 1 aliphatic carbocycles. The normalized spacial score (nSPS) is 23.7. The van der Waals surface area contributed by atoms with Crippen LogP contribution in [-0.4, -0.2) is 12.4 Å². The first kappa shape index (κ1) is 21.6. The Balaban J connectivity index is 3.85. The minimum absolute atomic E-state index is 0.120. The molecule has 0 heterocycles. The summed E-state index contributed by atoms with van der Waals surface area (Å²) < 4.78 is 84.0. The standard InChI is InChI=1S/C19H24F6/c1-6-12(3)10-15(7-2)17(18(20,21)22,19(23,24)25)16-9-8-13(4)14(5)11-16/h7-11,13-14H,6H2,1-5H3/b12-10-,15-7+. The van der Waals surface area contributed by atoms with Gasteiger partial charge in [-0.15, -0.1) is 0 Å². The van der Waals surface area contributed by atoms with Crippen LogP contribution in [0.3, 0.4) is 0 Å². The van der Waals surface area contributed by atoms with Gasteiger partial charge in [0.15, 0.2) is 0 Å². The lowest BCUT2D eigenvalue weighted by Gasteiger charge is -2.41. The van der Waals surface area contributed by atoms with Gasteiger partial charge in [0.2, 0.25) is 5.41 Å². The highest BCUT2D eigenvalue weighted by Crippen LogP contribution is 2.61. The van der Waals surface area contributed by atoms with Crippen molar-refractivity contribution in [2.75, 3.05) is 0 Å². The molecule has 2 atom stereocenters. The number of hydrogen-bond acceptors (Lipinski definition) is 0. The Hall–Kier alpha value is -1.46. The van der Waals surface area contributed by atoms with E-state index < -0.39 is 34.8 Å². The summed E-state index contributed by atoms with van der Waals surface area (Å²) in [7, 11) is 0. The van der Waals surface area contributed by atoms with E-state index in [0.29, 0.717) is 12.0 Å². The molecule has 1 rings (SSSR count). The molecule has 0 aromatic carbocycles. The Morgan fingerprint density at radius 3 is 1.92 bits per heavy atom. The second-order valence-corrected chi connectivity index (χ2v) is 6.53. The lowest BCUT2D eigenvalue weighted by Crippen LogP contribution is -2.52. The first-order valence-corrected chi connectivity index (χ1v) is 8.20. The van der Waals surface area contributed by atoms with Crippen LogP contribution in [0, 0.1) is 17.3 Å². The molecular formula is C19H24F6. The second-order valence-electron chi connectivity index (χ2n) is 6.53. The maximum absolute atomic E-state index is 14.0. The van der Waals surface area contributed by atoms with Crippen molar-refractivity contribution in [3.8, 4) is 0 Å². The number of rotatable bonds is 4. The van der Waals surface area contributed by atoms with Gasteiger partial charge in [-0.3, -0.25) is 0 Å². The average Bonchev–Trinajstić information content (AvgIpc) is 2.47. The molecule has 0 bridgehead atoms. The largest absolute Gasteiger partial charge is 0.411 e. The molecule has 0 nitrogen and oxygen atoms in total. The highest BCUT2D eigenvalue weighted by atomic mass is 19.4. The van der Waals surface area contributed by atoms with Gasteiger partial charge in [0.1, 0.15) is 0 Å². The molecule has 0 aromatic heterocycles. The van der Waals surface area contributed by atoms with E-state index in [1.54, 1.807) is 20.8 Å². The molecule has 0 aliphatic heterocycles. The monoisotopic (exact) mass is 366 g/mol. The first-order chi connectivity index (χ1) is 11.3. The topological polar surface area (TPSA) is 0 Å². The van der Waals surface area contributed by atoms with Crippen molar-refractivity contribution in [2.45, 2.75) is 53.4 Å². The van der Waals surface area contributed by atoms with Crippen LogP contribution in [0.15, 0.2) is 47.1 Å². The van der Waals surface area contributed by atoms with E-state index in [9.17, 15) is 26.3 Å². The van der Waals surface area contributed by atoms with Gasteiger partial charge >= 0.3 is 12.4 Å². The predicted octanol–water partition coefficient (Wildman–Crippen LogP) is 7.17. The third kappa shape index (κ3) is 3.87. The third-order valence-electron chi connectivity index (χ3n) is 4.84. The summed E-state index contributed by atoms with van der Waals surface area (Å²) in [5.41, 5.74) is -5.13. The van der Waals surface area contributed by atoms with Crippen molar-refractivity contribution < 1.29 is 26.3 Å². The van der Waals surface area contributed by atoms with E-state index in [0.717, 1.165) is 24.3 Å². The lowest BCUT2D eigenvalue weighted by molar-refractivity contribution is -0.308. The molecule has 0 saturated carbocycles. The van der Waals surface area contributed by atoms with E-state index >= 15 is 0 Å². The average molecular weight is 366 g/mol. The Labute approximate surface area is 145 Å². The van der Waals surface area contributed by atoms with Gasteiger partial charge in [-0.1, -0.05) is 56.7 Å². The lowest BCUT2D eigenvalue weighted by atomic mass is 9.68. The van der Waals surface area contributed by atoms with Gasteiger partial charge in [-0.05, 0) is 43.3 Å². The molecule has 6 heteroatoms. The van der Waals surface area contributed by atoms with Crippen molar-refractivity contribution >= 4 is 0 Å². The smallest absolute Gasteiger partial charge is 0.169 e. The minimum atomic E-state index is -5.52. The van der Waals surface area contributed by atoms with E-state index in [1.165, 1.54) is 19.9 Å². The van der Waals surface area contributed by atoms with Crippen LogP contribution in [0.2, 0.25) is 0 Å². The van der Waals surface area contributed by atoms with Gasteiger partial charge in [0.25, 0.3) is 0 Å². The molecule has 0 N–H and O–H groups in total. The molecular weight excluding hydrogens is 342 g/mol. The van der Waals surface area contributed by atoms with Gasteiger partial charge in [-0.2, -0.15) is 26.3 Å². The molecule has 0 spiro atoms. The molecule has 0 saturated heterocycles. The summed E-state index contributed by atoms with van der Waals surface area (Å²) in [4.78, 5) is 0. The number of hydrogen-bond donors (Lipinski definition) is 0. The molecule has 0 radical (unpaired) electrons. The van der Waals surface area contributed by atoms with Crippen LogP contribution in [0.4, 0.5) is 26.3 Å². The van der Waals surface area contributed by atoms with Crippen LogP contribution in [-0.2, 0) is 0 Å². The fourth-order valence-electron chi connectivity index (χ4n) is 2.93. The molecule has 0 aromatic rings. The van der Waals surface area contributed by atoms with Crippen molar-refractivity contribution in [1.29, 1.82) is 0 Å². The van der Waals surface area contributed by atoms with Crippen LogP contribution in [0.5, 0.6) is 0 Å². The Morgan fingerprint density at radius 2 is 1.56 bits per heavy atom. The quantitative estimate of drug-likeness (QED) is 0.365. The summed E-state index contributed by atoms with van der Waals surface area (Å²) in [6.07, 6.45) is -5.26. The Bertz CT molecular complexity index is 580. The van der Waals surface area contributed by atoms with Crippen LogP contribution >= 0.6 is 0 Å². The molecule has 1 aliphatic rings. The number of allylic oxidation sites excluding steroid dienone is 8. The zero-order chi connectivity index (χ0) is 19.6. The van der Waals surface area contributed by atoms with Crippen molar-refractivity contribution in [2.24, 2.45) is 17.3 Å². The predicted molar refractivity (Wildman–Crippen MR) is 87.9 cm³/mol. The molecule has 25 heavy (non-hydrogen) atoms. The fourth-order valence-corrected chi connectivity index (χ4v) is 2.93. The zero-order valence-corrected chi connectivity index (χ0v) is 15.0. The van der Waals surface area contributed by atoms with Crippen LogP contribution in [0.1, 0.15) is 41.0 Å². The summed E-state index contributed by atoms with van der Waals surface area (Å²) >= 11 is 0. The van der Waals surface area contributed by atoms with Crippen molar-refractivity contribution in [3.63, 3.8) is 0 Å². The SMILES string of the molecule is C/C=C(\C=C(\C)CC)C(C1=CC(C)C(C)C=C1)(C(F)(F)F)C(F)(F)F. The summed E-state index contributed by atoms with van der Waals surface area (Å²) in [6, 6.07) is 0. The first-order valence-electron chi connectivity index (χ1n) is 8.20. The van der Waals surface area contributed by atoms with E-state index in [-0.39, 0.29) is 5.92 Å². The molecule has 0 fully saturated rings. The fraction of sp³-hybridized carbons (Fsp3) is 0.579. The van der Waals surface area contributed by atoms with Gasteiger partial charge < -0.3 is 0 Å². The third-order valence-corrected chi connectivity index (χ3v) is 4.84. The van der Waals surface area contributed by atoms with Crippen LogP contribution in [0.25, 0.3) is 0 Å². The van der Waals surface area contributed by atoms with Crippen LogP contribution < -0.4 is 0 Å². The highest BCUT2D eigenvalue weighted by molar-refractivity contribution is 5.47. The maximum Gasteiger partial charge on any atom is 0.411 e. The van der Waals surface area contributed by atoms with E-state index in [1.807, 2.05) is 0 Å². The molecule has 0 amide bonds. The summed E-state index contributed by atoms with van der Waals surface area (Å²) in [6.45, 7) is 7.80. The number of alkyl halides is 6. The highest BCUT2D eigenvalue weighted by Gasteiger charge is 2.73. The van der Waals surface area contributed by atoms with Crippen molar-refractivity contribution in [3.05, 3.63) is 47.1 Å². The second kappa shape index (κ2) is 7.42. The van der Waals surface area contributed by atoms with E-state index in [4.69, 9.17) is 0 Å². The minimum Gasteiger partial charge on any atom is -0.169 e. The Kier molecular flexibility index (Phi) is 6.41. The molecule has 2 unspecified atom stereocenters. The summed E-state index contributed by atoms with van der Waals surface area (Å²) in [5, 5.41) is 0. The molecule has 142 valence electrons. The van der Waals surface area contributed by atoms with Gasteiger partial charge in [0, 0.05) is 0 Å². The maximum atomic E-state index is 14.0. The summed E-state index contributed by atoms with van der Waals surface area (Å²) in [5.74, 6) is -0.539. The zero-order valence-electron chi connectivity index (χ0n) is 15.0. The van der Waals surface area contributed by atoms with Gasteiger partial charge in [-0.25, -0.2) is 0 Å². The van der Waals surface area contributed by atoms with E-state index in [2.05, 4.69) is 0 Å².